The van der Waals surface area contributed by atoms with Crippen molar-refractivity contribution in [3.8, 4) is 0 Å². The van der Waals surface area contributed by atoms with Crippen molar-refractivity contribution in [3.05, 3.63) is 47.7 Å². The molecule has 1 aromatic carbocycles. The van der Waals surface area contributed by atoms with E-state index >= 15 is 0 Å². The second-order valence-corrected chi connectivity index (χ2v) is 3.77. The van der Waals surface area contributed by atoms with Crippen LogP contribution in [0.4, 0.5) is 5.69 Å². The molecule has 1 aromatic heterocycles. The molecule has 1 heterocycles. The standard InChI is InChI=1S/C12H14N4O2/c1-8-6-14-11(18-8)7-15-12(17)9-2-4-10(16-13)5-3-9/h2-6,16H,7,13H2,1H3,(H,15,17). The van der Waals surface area contributed by atoms with Crippen LogP contribution < -0.4 is 16.6 Å². The van der Waals surface area contributed by atoms with Gasteiger partial charge in [0.2, 0.25) is 5.89 Å². The van der Waals surface area contributed by atoms with E-state index < -0.39 is 0 Å². The number of hydrazine groups is 1. The molecule has 0 bridgehead atoms. The number of hydrogen-bond donors (Lipinski definition) is 3. The van der Waals surface area contributed by atoms with Gasteiger partial charge in [-0.2, -0.15) is 0 Å². The second kappa shape index (κ2) is 5.33. The molecule has 0 aliphatic rings. The third kappa shape index (κ3) is 2.86. The number of anilines is 1. The fourth-order valence-corrected chi connectivity index (χ4v) is 1.46. The molecule has 4 N–H and O–H groups in total. The minimum atomic E-state index is -0.186. The third-order valence-electron chi connectivity index (χ3n) is 2.38. The van der Waals surface area contributed by atoms with Crippen LogP contribution in [-0.2, 0) is 6.54 Å². The third-order valence-corrected chi connectivity index (χ3v) is 2.38. The Morgan fingerprint density at radius 1 is 1.39 bits per heavy atom. The number of amides is 1. The summed E-state index contributed by atoms with van der Waals surface area (Å²) in [5, 5.41) is 2.72. The molecule has 1 amide bonds. The fraction of sp³-hybridized carbons (Fsp3) is 0.167. The average molecular weight is 246 g/mol. The normalized spacial score (nSPS) is 10.1. The minimum Gasteiger partial charge on any atom is -0.444 e. The summed E-state index contributed by atoms with van der Waals surface area (Å²) in [5.74, 6) is 6.26. The zero-order valence-corrected chi connectivity index (χ0v) is 9.93. The van der Waals surface area contributed by atoms with E-state index in [0.717, 1.165) is 11.4 Å². The van der Waals surface area contributed by atoms with Crippen molar-refractivity contribution >= 4 is 11.6 Å². The van der Waals surface area contributed by atoms with Gasteiger partial charge >= 0.3 is 0 Å². The SMILES string of the molecule is Cc1cnc(CNC(=O)c2ccc(NN)cc2)o1. The van der Waals surface area contributed by atoms with Gasteiger partial charge in [-0.05, 0) is 31.2 Å². The molecule has 0 atom stereocenters. The smallest absolute Gasteiger partial charge is 0.251 e. The maximum Gasteiger partial charge on any atom is 0.251 e. The number of aromatic nitrogens is 1. The van der Waals surface area contributed by atoms with Crippen LogP contribution in [0, 0.1) is 6.92 Å². The van der Waals surface area contributed by atoms with Crippen LogP contribution in [0.2, 0.25) is 0 Å². The van der Waals surface area contributed by atoms with Crippen molar-refractivity contribution in [1.29, 1.82) is 0 Å². The van der Waals surface area contributed by atoms with Crippen molar-refractivity contribution in [3.63, 3.8) is 0 Å². The first-order chi connectivity index (χ1) is 8.69. The molecule has 0 aliphatic carbocycles. The number of rotatable bonds is 4. The number of hydrogen-bond acceptors (Lipinski definition) is 5. The van der Waals surface area contributed by atoms with Gasteiger partial charge in [0, 0.05) is 11.3 Å². The summed E-state index contributed by atoms with van der Waals surface area (Å²) in [5.41, 5.74) is 3.80. The molecule has 18 heavy (non-hydrogen) atoms. The van der Waals surface area contributed by atoms with Gasteiger partial charge in [0.1, 0.15) is 5.76 Å². The van der Waals surface area contributed by atoms with E-state index in [2.05, 4.69) is 15.7 Å². The zero-order chi connectivity index (χ0) is 13.0. The molecule has 94 valence electrons. The summed E-state index contributed by atoms with van der Waals surface area (Å²) in [6.07, 6.45) is 1.61. The average Bonchev–Trinajstić information content (AvgIpc) is 2.82. The Bertz CT molecular complexity index is 533. The maximum atomic E-state index is 11.8. The highest BCUT2D eigenvalue weighted by Crippen LogP contribution is 2.08. The summed E-state index contributed by atoms with van der Waals surface area (Å²) in [7, 11) is 0. The summed E-state index contributed by atoms with van der Waals surface area (Å²) >= 11 is 0. The van der Waals surface area contributed by atoms with Crippen molar-refractivity contribution in [1.82, 2.24) is 10.3 Å². The molecule has 6 heteroatoms. The van der Waals surface area contributed by atoms with E-state index in [-0.39, 0.29) is 12.5 Å². The van der Waals surface area contributed by atoms with Gasteiger partial charge in [0.05, 0.1) is 12.7 Å². The van der Waals surface area contributed by atoms with Crippen LogP contribution in [0.5, 0.6) is 0 Å². The first kappa shape index (κ1) is 12.1. The second-order valence-electron chi connectivity index (χ2n) is 3.77. The number of benzene rings is 1. The number of aryl methyl sites for hydroxylation is 1. The zero-order valence-electron chi connectivity index (χ0n) is 9.93. The van der Waals surface area contributed by atoms with Gasteiger partial charge in [-0.3, -0.25) is 10.6 Å². The Kier molecular flexibility index (Phi) is 3.59. The van der Waals surface area contributed by atoms with Crippen molar-refractivity contribution in [2.45, 2.75) is 13.5 Å². The molecule has 2 aromatic rings. The van der Waals surface area contributed by atoms with E-state index in [0.29, 0.717) is 11.5 Å². The van der Waals surface area contributed by atoms with Gasteiger partial charge in [-0.15, -0.1) is 0 Å². The molecule has 0 unspecified atom stereocenters. The van der Waals surface area contributed by atoms with E-state index in [9.17, 15) is 4.79 Å². The molecular weight excluding hydrogens is 232 g/mol. The Balaban J connectivity index is 1.94. The topological polar surface area (TPSA) is 93.2 Å². The van der Waals surface area contributed by atoms with E-state index in [1.807, 2.05) is 0 Å². The number of nitrogen functional groups attached to an aromatic ring is 1. The lowest BCUT2D eigenvalue weighted by molar-refractivity contribution is 0.0947. The molecule has 0 spiro atoms. The van der Waals surface area contributed by atoms with Crippen LogP contribution in [0.1, 0.15) is 22.0 Å². The van der Waals surface area contributed by atoms with Crippen LogP contribution >= 0.6 is 0 Å². The lowest BCUT2D eigenvalue weighted by Gasteiger charge is -2.04. The Morgan fingerprint density at radius 2 is 2.11 bits per heavy atom. The first-order valence-electron chi connectivity index (χ1n) is 5.45. The van der Waals surface area contributed by atoms with E-state index in [1.54, 1.807) is 37.4 Å². The van der Waals surface area contributed by atoms with Crippen LogP contribution in [0.25, 0.3) is 0 Å². The van der Waals surface area contributed by atoms with Crippen molar-refractivity contribution in [2.24, 2.45) is 5.84 Å². The predicted octanol–water partition coefficient (Wildman–Crippen LogP) is 1.20. The summed E-state index contributed by atoms with van der Waals surface area (Å²) < 4.78 is 5.25. The highest BCUT2D eigenvalue weighted by atomic mass is 16.4. The van der Waals surface area contributed by atoms with Crippen molar-refractivity contribution < 1.29 is 9.21 Å². The quantitative estimate of drug-likeness (QED) is 0.556. The fourth-order valence-electron chi connectivity index (χ4n) is 1.46. The summed E-state index contributed by atoms with van der Waals surface area (Å²) in [6.45, 7) is 2.07. The number of carbonyl (C=O) groups is 1. The van der Waals surface area contributed by atoms with Crippen LogP contribution in [0.15, 0.2) is 34.9 Å². The molecule has 0 saturated carbocycles. The number of carbonyl (C=O) groups excluding carboxylic acids is 1. The monoisotopic (exact) mass is 246 g/mol. The molecule has 0 aliphatic heterocycles. The van der Waals surface area contributed by atoms with Crippen LogP contribution in [0.3, 0.4) is 0 Å². The highest BCUT2D eigenvalue weighted by molar-refractivity contribution is 5.94. The summed E-state index contributed by atoms with van der Waals surface area (Å²) in [6, 6.07) is 6.82. The Hall–Kier alpha value is -2.34. The number of nitrogens with two attached hydrogens (primary N) is 1. The molecular formula is C12H14N4O2. The highest BCUT2D eigenvalue weighted by Gasteiger charge is 2.07. The first-order valence-corrected chi connectivity index (χ1v) is 5.45. The Morgan fingerprint density at radius 3 is 2.67 bits per heavy atom. The molecule has 6 nitrogen and oxygen atoms in total. The maximum absolute atomic E-state index is 11.8. The summed E-state index contributed by atoms with van der Waals surface area (Å²) in [4.78, 5) is 15.8. The van der Waals surface area contributed by atoms with Gasteiger partial charge < -0.3 is 15.2 Å². The van der Waals surface area contributed by atoms with Gasteiger partial charge in [-0.1, -0.05) is 0 Å². The lowest BCUT2D eigenvalue weighted by atomic mass is 10.2. The number of oxazole rings is 1. The predicted molar refractivity (Wildman–Crippen MR) is 66.7 cm³/mol. The van der Waals surface area contributed by atoms with E-state index in [1.165, 1.54) is 0 Å². The number of nitrogens with one attached hydrogen (secondary N) is 2. The van der Waals surface area contributed by atoms with Crippen molar-refractivity contribution in [2.75, 3.05) is 5.43 Å². The lowest BCUT2D eigenvalue weighted by Crippen LogP contribution is -2.22. The van der Waals surface area contributed by atoms with Gasteiger partial charge in [0.15, 0.2) is 0 Å². The molecule has 0 saturated heterocycles. The number of nitrogens with zero attached hydrogens (tertiary/aromatic N) is 1. The van der Waals surface area contributed by atoms with Gasteiger partial charge in [0.25, 0.3) is 5.91 Å². The largest absolute Gasteiger partial charge is 0.444 e. The van der Waals surface area contributed by atoms with E-state index in [4.69, 9.17) is 10.3 Å². The molecule has 0 fully saturated rings. The molecule has 0 radical (unpaired) electrons. The van der Waals surface area contributed by atoms with Gasteiger partial charge in [-0.25, -0.2) is 4.98 Å². The minimum absolute atomic E-state index is 0.186. The van der Waals surface area contributed by atoms with Crippen LogP contribution in [-0.4, -0.2) is 10.9 Å². The Labute approximate surface area is 104 Å². The molecule has 2 rings (SSSR count).